The lowest BCUT2D eigenvalue weighted by atomic mass is 9.93. The molecule has 2 amide bonds. The third kappa shape index (κ3) is 6.97. The summed E-state index contributed by atoms with van der Waals surface area (Å²) in [6.07, 6.45) is 3.14. The fourth-order valence-corrected chi connectivity index (χ4v) is 5.68. The number of benzene rings is 3. The van der Waals surface area contributed by atoms with Crippen molar-refractivity contribution in [3.8, 4) is 5.75 Å². The Morgan fingerprint density at radius 2 is 1.91 bits per heavy atom. The molecule has 2 aliphatic heterocycles. The van der Waals surface area contributed by atoms with Crippen molar-refractivity contribution in [3.63, 3.8) is 0 Å². The van der Waals surface area contributed by atoms with Crippen molar-refractivity contribution in [1.82, 2.24) is 10.2 Å². The number of fused-ring (bicyclic) bond motifs is 3. The Labute approximate surface area is 253 Å². The molecule has 2 aliphatic rings. The summed E-state index contributed by atoms with van der Waals surface area (Å²) >= 11 is 6.32. The van der Waals surface area contributed by atoms with Crippen LogP contribution in [-0.4, -0.2) is 91.8 Å². The number of nitro benzene ring substituents is 1. The zero-order valence-electron chi connectivity index (χ0n) is 23.5. The van der Waals surface area contributed by atoms with E-state index >= 15 is 0 Å². The maximum absolute atomic E-state index is 13.4. The summed E-state index contributed by atoms with van der Waals surface area (Å²) in [6, 6.07) is 13.5. The molecule has 0 aliphatic carbocycles. The first-order valence-corrected chi connectivity index (χ1v) is 14.7. The molecule has 1 saturated heterocycles. The van der Waals surface area contributed by atoms with Crippen LogP contribution in [-0.2, 0) is 9.53 Å². The highest BCUT2D eigenvalue weighted by atomic mass is 35.5. The van der Waals surface area contributed by atoms with Gasteiger partial charge in [-0.3, -0.25) is 24.6 Å². The van der Waals surface area contributed by atoms with Crippen LogP contribution in [0.2, 0.25) is 0 Å². The van der Waals surface area contributed by atoms with Crippen LogP contribution in [0.1, 0.15) is 27.4 Å². The van der Waals surface area contributed by atoms with Crippen molar-refractivity contribution in [2.24, 2.45) is 0 Å². The predicted octanol–water partition coefficient (Wildman–Crippen LogP) is 3.56. The highest BCUT2D eigenvalue weighted by Crippen LogP contribution is 2.45. The number of nitrogens with zero attached hydrogens (tertiary/aromatic N) is 3. The van der Waals surface area contributed by atoms with Crippen molar-refractivity contribution in [2.45, 2.75) is 5.92 Å². The monoisotopic (exact) mass is 608 g/mol. The van der Waals surface area contributed by atoms with Crippen LogP contribution in [0.15, 0.2) is 54.6 Å². The number of nitrogens with one attached hydrogen (secondary N) is 1. The van der Waals surface area contributed by atoms with Crippen LogP contribution in [0.25, 0.3) is 16.8 Å². The molecule has 43 heavy (non-hydrogen) atoms. The van der Waals surface area contributed by atoms with Crippen molar-refractivity contribution in [3.05, 3.63) is 81.4 Å². The van der Waals surface area contributed by atoms with E-state index in [9.17, 15) is 19.7 Å². The standard InChI is InChI=1S/C31H33ClN4O7/c32-19-23-20-35(29(38)8-3-21-1-5-24(6-2-21)43-16-12-34-10-14-42-15-11-34)28-18-27(36(40)41)26-17-22(31(39)33-9-13-37)4-7-25(26)30(23)28/h1-8,17-18,23,37H,9-16,19-20H2,(H,33,39)/b8-3+. The van der Waals surface area contributed by atoms with Crippen molar-refractivity contribution in [1.29, 1.82) is 0 Å². The topological polar surface area (TPSA) is 134 Å². The number of halogens is 1. The number of hydrogen-bond acceptors (Lipinski definition) is 8. The lowest BCUT2D eigenvalue weighted by Gasteiger charge is -2.26. The molecule has 3 aromatic rings. The maximum atomic E-state index is 13.4. The van der Waals surface area contributed by atoms with Crippen LogP contribution in [0, 0.1) is 10.1 Å². The van der Waals surface area contributed by atoms with Gasteiger partial charge in [0.15, 0.2) is 0 Å². The summed E-state index contributed by atoms with van der Waals surface area (Å²) in [5.41, 5.74) is 1.98. The van der Waals surface area contributed by atoms with Gasteiger partial charge in [-0.15, -0.1) is 11.6 Å². The Bertz CT molecular complexity index is 1520. The number of rotatable bonds is 11. The molecule has 2 N–H and O–H groups in total. The van der Waals surface area contributed by atoms with Crippen LogP contribution in [0.5, 0.6) is 5.75 Å². The van der Waals surface area contributed by atoms with E-state index in [1.807, 2.05) is 24.3 Å². The SMILES string of the molecule is O=C(NCCO)c1ccc2c3c(cc([N+](=O)[O-])c2c1)N(C(=O)/C=C/c1ccc(OCCN2CCOCC2)cc1)CC3CCl. The third-order valence-corrected chi connectivity index (χ3v) is 8.00. The Morgan fingerprint density at radius 1 is 1.14 bits per heavy atom. The molecule has 0 bridgehead atoms. The van der Waals surface area contributed by atoms with Gasteiger partial charge in [-0.2, -0.15) is 0 Å². The number of alkyl halides is 1. The number of amides is 2. The van der Waals surface area contributed by atoms with Crippen LogP contribution in [0.4, 0.5) is 11.4 Å². The van der Waals surface area contributed by atoms with Crippen molar-refractivity contribution in [2.75, 3.05) is 69.9 Å². The minimum absolute atomic E-state index is 0.0648. The molecule has 11 nitrogen and oxygen atoms in total. The van der Waals surface area contributed by atoms with Gasteiger partial charge in [-0.25, -0.2) is 0 Å². The van der Waals surface area contributed by atoms with Gasteiger partial charge in [0, 0.05) is 62.2 Å². The zero-order chi connectivity index (χ0) is 30.3. The van der Waals surface area contributed by atoms with E-state index in [1.165, 1.54) is 23.1 Å². The molecule has 12 heteroatoms. The smallest absolute Gasteiger partial charge is 0.279 e. The quantitative estimate of drug-likeness (QED) is 0.146. The molecule has 0 spiro atoms. The highest BCUT2D eigenvalue weighted by Gasteiger charge is 2.35. The van der Waals surface area contributed by atoms with Crippen molar-refractivity contribution >= 4 is 51.6 Å². The summed E-state index contributed by atoms with van der Waals surface area (Å²) in [4.78, 5) is 41.2. The minimum atomic E-state index is -0.519. The largest absolute Gasteiger partial charge is 0.492 e. The molecular weight excluding hydrogens is 576 g/mol. The molecule has 2 heterocycles. The van der Waals surface area contributed by atoms with Crippen molar-refractivity contribution < 1.29 is 29.1 Å². The van der Waals surface area contributed by atoms with E-state index in [1.54, 1.807) is 18.2 Å². The molecule has 0 radical (unpaired) electrons. The van der Waals surface area contributed by atoms with Gasteiger partial charge in [0.05, 0.1) is 35.8 Å². The first-order valence-electron chi connectivity index (χ1n) is 14.1. The molecule has 1 fully saturated rings. The number of aliphatic hydroxyl groups excluding tert-OH is 1. The molecule has 5 rings (SSSR count). The van der Waals surface area contributed by atoms with E-state index in [0.717, 1.165) is 49.7 Å². The number of morpholine rings is 1. The fraction of sp³-hybridized carbons (Fsp3) is 0.355. The zero-order valence-corrected chi connectivity index (χ0v) is 24.3. The summed E-state index contributed by atoms with van der Waals surface area (Å²) < 4.78 is 11.2. The molecule has 0 aromatic heterocycles. The average molecular weight is 609 g/mol. The van der Waals surface area contributed by atoms with Gasteiger partial charge < -0.3 is 24.8 Å². The van der Waals surface area contributed by atoms with Gasteiger partial charge in [0.25, 0.3) is 17.5 Å². The van der Waals surface area contributed by atoms with Crippen LogP contribution >= 0.6 is 11.6 Å². The summed E-state index contributed by atoms with van der Waals surface area (Å²) in [6.45, 7) is 4.82. The Hall–Kier alpha value is -4.03. The van der Waals surface area contributed by atoms with E-state index in [0.29, 0.717) is 17.7 Å². The van der Waals surface area contributed by atoms with Gasteiger partial charge in [0.1, 0.15) is 12.4 Å². The number of hydrogen-bond donors (Lipinski definition) is 2. The van der Waals surface area contributed by atoms with Gasteiger partial charge in [-0.05, 0) is 46.9 Å². The van der Waals surface area contributed by atoms with Gasteiger partial charge in [-0.1, -0.05) is 18.2 Å². The van der Waals surface area contributed by atoms with Crippen LogP contribution in [0.3, 0.4) is 0 Å². The van der Waals surface area contributed by atoms with E-state index < -0.39 is 10.8 Å². The Balaban J connectivity index is 1.33. The first kappa shape index (κ1) is 30.4. The number of non-ortho nitro benzene ring substituents is 1. The maximum Gasteiger partial charge on any atom is 0.279 e. The number of anilines is 1. The third-order valence-electron chi connectivity index (χ3n) is 7.62. The summed E-state index contributed by atoms with van der Waals surface area (Å²) in [7, 11) is 0. The normalized spacial score (nSPS) is 16.9. The van der Waals surface area contributed by atoms with Crippen LogP contribution < -0.4 is 15.0 Å². The molecule has 0 saturated carbocycles. The molecule has 226 valence electrons. The number of ether oxygens (including phenoxy) is 2. The number of aliphatic hydroxyl groups is 1. The average Bonchev–Trinajstić information content (AvgIpc) is 3.42. The second kappa shape index (κ2) is 14.0. The van der Waals surface area contributed by atoms with Gasteiger partial charge >= 0.3 is 0 Å². The number of carbonyl (C=O) groups is 2. The molecular formula is C31H33ClN4O7. The summed E-state index contributed by atoms with van der Waals surface area (Å²) in [5.74, 6) is -0.0785. The number of carbonyl (C=O) groups excluding carboxylic acids is 2. The second-order valence-electron chi connectivity index (χ2n) is 10.3. The molecule has 1 atom stereocenters. The molecule has 3 aromatic carbocycles. The summed E-state index contributed by atoms with van der Waals surface area (Å²) in [5, 5.41) is 24.5. The Morgan fingerprint density at radius 3 is 2.60 bits per heavy atom. The minimum Gasteiger partial charge on any atom is -0.492 e. The first-order chi connectivity index (χ1) is 20.9. The van der Waals surface area contributed by atoms with E-state index in [2.05, 4.69) is 10.2 Å². The molecule has 1 unspecified atom stereocenters. The van der Waals surface area contributed by atoms with Gasteiger partial charge in [0.2, 0.25) is 0 Å². The predicted molar refractivity (Wildman–Crippen MR) is 164 cm³/mol. The second-order valence-corrected chi connectivity index (χ2v) is 10.6. The Kier molecular flexibility index (Phi) is 9.88. The van der Waals surface area contributed by atoms with E-state index in [4.69, 9.17) is 26.2 Å². The number of nitro groups is 1. The lowest BCUT2D eigenvalue weighted by Crippen LogP contribution is -2.38. The fourth-order valence-electron chi connectivity index (χ4n) is 5.42. The lowest BCUT2D eigenvalue weighted by molar-refractivity contribution is -0.383. The van der Waals surface area contributed by atoms with E-state index in [-0.39, 0.29) is 54.0 Å². The highest BCUT2D eigenvalue weighted by molar-refractivity contribution is 6.19.